The molecule has 0 aliphatic carbocycles. The van der Waals surface area contributed by atoms with Crippen molar-refractivity contribution in [3.05, 3.63) is 60.0 Å². The Kier molecular flexibility index (Phi) is 6.79. The third-order valence-corrected chi connectivity index (χ3v) is 6.32. The second-order valence-electron chi connectivity index (χ2n) is 10.0. The Morgan fingerprint density at radius 1 is 1.25 bits per heavy atom. The molecule has 1 aromatic carbocycles. The van der Waals surface area contributed by atoms with Crippen LogP contribution < -0.4 is 10.5 Å². The van der Waals surface area contributed by atoms with Crippen molar-refractivity contribution in [3.63, 3.8) is 0 Å². The fourth-order valence-corrected chi connectivity index (χ4v) is 4.39. The van der Waals surface area contributed by atoms with Crippen LogP contribution in [0.1, 0.15) is 61.2 Å². The number of likely N-dealkylation sites (tertiary alicyclic amines) is 1. The van der Waals surface area contributed by atoms with E-state index < -0.39 is 12.5 Å². The van der Waals surface area contributed by atoms with Crippen LogP contribution in [0.5, 0.6) is 5.75 Å². The average molecular weight is 491 g/mol. The largest absolute Gasteiger partial charge is 0.485 e. The van der Waals surface area contributed by atoms with Crippen LogP contribution in [0.3, 0.4) is 0 Å². The molecule has 3 N–H and O–H groups in total. The molecule has 1 fully saturated rings. The van der Waals surface area contributed by atoms with E-state index in [1.807, 2.05) is 42.9 Å². The highest BCUT2D eigenvalue weighted by atomic mass is 16.5. The molecule has 1 unspecified atom stereocenters. The lowest BCUT2D eigenvalue weighted by Crippen LogP contribution is -2.31. The smallest absolute Gasteiger partial charge is 0.166 e. The minimum Gasteiger partial charge on any atom is -0.485 e. The molecule has 1 aliphatic heterocycles. The number of nitrogens with two attached hydrogens (primary N) is 1. The van der Waals surface area contributed by atoms with Gasteiger partial charge in [-0.15, -0.1) is 0 Å². The third-order valence-electron chi connectivity index (χ3n) is 6.32. The molecule has 1 atom stereocenters. The van der Waals surface area contributed by atoms with Crippen molar-refractivity contribution < 1.29 is 14.0 Å². The lowest BCUT2D eigenvalue weighted by Gasteiger charge is -2.28. The number of hydrogen-bond acceptors (Lipinski definition) is 6. The number of piperidine rings is 1. The molecular weight excluding hydrogens is 450 g/mol. The van der Waals surface area contributed by atoms with Gasteiger partial charge in [0.25, 0.3) is 0 Å². The fraction of sp³-hybridized carbons (Fsp3) is 0.448. The number of hydrogen-bond donors (Lipinski definition) is 2. The Hall–Kier alpha value is -3.34. The van der Waals surface area contributed by atoms with Crippen molar-refractivity contribution in [1.29, 1.82) is 0 Å². The Morgan fingerprint density at radius 2 is 2.06 bits per heavy atom. The number of aromatic nitrogens is 3. The van der Waals surface area contributed by atoms with E-state index in [0.29, 0.717) is 17.4 Å². The second-order valence-corrected chi connectivity index (χ2v) is 10.0. The molecule has 4 rings (SSSR count). The molecule has 7 nitrogen and oxygen atoms in total. The van der Waals surface area contributed by atoms with E-state index in [4.69, 9.17) is 14.6 Å². The number of pyridine rings is 1. The molecule has 3 heterocycles. The molecule has 0 saturated carbocycles. The molecule has 1 saturated heterocycles. The summed E-state index contributed by atoms with van der Waals surface area (Å²) in [7, 11) is 2.14. The first-order valence-corrected chi connectivity index (χ1v) is 12.4. The highest BCUT2D eigenvalue weighted by molar-refractivity contribution is 5.65. The first-order chi connectivity index (χ1) is 18.4. The Bertz CT molecular complexity index is 1340. The SMILES string of the molecule is [2H]C([2H])([2H])C(O)(C#Cc1cccc(COc2cc(-c3cnn(C4CCN(C)CC4)c3)cnc2N)c1)CC(C)C. The zero-order chi connectivity index (χ0) is 28.2. The maximum Gasteiger partial charge on any atom is 0.166 e. The number of rotatable bonds is 7. The maximum absolute atomic E-state index is 10.7. The summed E-state index contributed by atoms with van der Waals surface area (Å²) >= 11 is 0. The molecule has 0 radical (unpaired) electrons. The molecule has 2 aromatic heterocycles. The first-order valence-electron chi connectivity index (χ1n) is 13.9. The molecule has 36 heavy (non-hydrogen) atoms. The van der Waals surface area contributed by atoms with Crippen LogP contribution in [-0.2, 0) is 6.61 Å². The van der Waals surface area contributed by atoms with Crippen molar-refractivity contribution in [2.75, 3.05) is 25.9 Å². The van der Waals surface area contributed by atoms with E-state index in [1.165, 1.54) is 0 Å². The van der Waals surface area contributed by atoms with Crippen molar-refractivity contribution in [3.8, 4) is 28.7 Å². The quantitative estimate of drug-likeness (QED) is 0.473. The van der Waals surface area contributed by atoms with Gasteiger partial charge in [0.05, 0.1) is 12.2 Å². The van der Waals surface area contributed by atoms with E-state index >= 15 is 0 Å². The zero-order valence-electron chi connectivity index (χ0n) is 24.2. The van der Waals surface area contributed by atoms with Crippen molar-refractivity contribution in [2.24, 2.45) is 5.92 Å². The highest BCUT2D eigenvalue weighted by Gasteiger charge is 2.20. The van der Waals surface area contributed by atoms with Crippen LogP contribution in [0, 0.1) is 17.8 Å². The lowest BCUT2D eigenvalue weighted by molar-refractivity contribution is 0.0976. The fourth-order valence-electron chi connectivity index (χ4n) is 4.39. The van der Waals surface area contributed by atoms with Gasteiger partial charge in [-0.05, 0) is 75.9 Å². The summed E-state index contributed by atoms with van der Waals surface area (Å²) in [6.45, 7) is 3.44. The number of nitrogens with zero attached hydrogens (tertiary/aromatic N) is 4. The van der Waals surface area contributed by atoms with Crippen LogP contribution in [0.2, 0.25) is 0 Å². The highest BCUT2D eigenvalue weighted by Crippen LogP contribution is 2.29. The Morgan fingerprint density at radius 3 is 2.81 bits per heavy atom. The summed E-state index contributed by atoms with van der Waals surface area (Å²) in [4.78, 5) is 6.66. The van der Waals surface area contributed by atoms with Gasteiger partial charge in [0.15, 0.2) is 11.6 Å². The van der Waals surface area contributed by atoms with Crippen LogP contribution in [0.4, 0.5) is 5.82 Å². The molecule has 0 spiro atoms. The van der Waals surface area contributed by atoms with E-state index in [0.717, 1.165) is 42.6 Å². The van der Waals surface area contributed by atoms with E-state index in [2.05, 4.69) is 40.1 Å². The van der Waals surface area contributed by atoms with E-state index in [1.54, 1.807) is 18.3 Å². The number of ether oxygens (including phenoxy) is 1. The maximum atomic E-state index is 10.7. The third kappa shape index (κ3) is 6.87. The first kappa shape index (κ1) is 21.9. The van der Waals surface area contributed by atoms with Crippen LogP contribution in [0.15, 0.2) is 48.9 Å². The molecule has 0 amide bonds. The minimum atomic E-state index is -2.61. The van der Waals surface area contributed by atoms with Gasteiger partial charge in [-0.2, -0.15) is 5.10 Å². The van der Waals surface area contributed by atoms with Gasteiger partial charge >= 0.3 is 0 Å². The predicted molar refractivity (Wildman–Crippen MR) is 143 cm³/mol. The number of anilines is 1. The zero-order valence-corrected chi connectivity index (χ0v) is 21.2. The summed E-state index contributed by atoms with van der Waals surface area (Å²) in [5, 5.41) is 15.3. The molecular formula is C29H37N5O2. The van der Waals surface area contributed by atoms with Crippen molar-refractivity contribution >= 4 is 5.82 Å². The Labute approximate surface area is 218 Å². The van der Waals surface area contributed by atoms with Gasteiger partial charge in [0.2, 0.25) is 0 Å². The monoisotopic (exact) mass is 490 g/mol. The van der Waals surface area contributed by atoms with Crippen molar-refractivity contribution in [1.82, 2.24) is 19.7 Å². The van der Waals surface area contributed by atoms with Crippen LogP contribution in [0.25, 0.3) is 11.1 Å². The van der Waals surface area contributed by atoms with Crippen molar-refractivity contribution in [2.45, 2.75) is 58.2 Å². The topological polar surface area (TPSA) is 89.4 Å². The predicted octanol–water partition coefficient (Wildman–Crippen LogP) is 4.52. The number of aliphatic hydroxyl groups is 1. The van der Waals surface area contributed by atoms with E-state index in [-0.39, 0.29) is 24.8 Å². The average Bonchev–Trinajstić information content (AvgIpc) is 3.37. The van der Waals surface area contributed by atoms with E-state index in [9.17, 15) is 5.11 Å². The van der Waals surface area contributed by atoms with Gasteiger partial charge in [0, 0.05) is 33.2 Å². The number of nitrogen functional groups attached to an aromatic ring is 1. The summed E-state index contributed by atoms with van der Waals surface area (Å²) in [6.07, 6.45) is 7.81. The summed E-state index contributed by atoms with van der Waals surface area (Å²) in [6, 6.07) is 9.53. The minimum absolute atomic E-state index is 0.0251. The lowest BCUT2D eigenvalue weighted by atomic mass is 9.94. The normalized spacial score (nSPS) is 18.0. The van der Waals surface area contributed by atoms with Gasteiger partial charge in [-0.1, -0.05) is 37.8 Å². The van der Waals surface area contributed by atoms with Crippen LogP contribution in [-0.4, -0.2) is 50.5 Å². The summed E-state index contributed by atoms with van der Waals surface area (Å²) in [5.41, 5.74) is 7.26. The molecule has 7 heteroatoms. The molecule has 0 bridgehead atoms. The molecule has 1 aliphatic rings. The van der Waals surface area contributed by atoms with Gasteiger partial charge in [0.1, 0.15) is 12.2 Å². The molecule has 190 valence electrons. The van der Waals surface area contributed by atoms with Gasteiger partial charge < -0.3 is 20.5 Å². The second kappa shape index (κ2) is 11.2. The summed E-state index contributed by atoms with van der Waals surface area (Å²) < 4.78 is 31.3. The number of benzene rings is 1. The standard InChI is InChI=1S/C29H37N5O2/c1-21(2)16-29(3,35)11-8-22-6-5-7-23(14-22)20-36-27-15-24(17-31-28(27)30)25-18-32-34(19-25)26-9-12-33(4)13-10-26/h5-7,14-15,17-19,21,26,35H,9-10,12-13,16,20H2,1-4H3,(H2,30,31)/i3D3. The summed E-state index contributed by atoms with van der Waals surface area (Å²) in [5.74, 6) is 6.18. The van der Waals surface area contributed by atoms with Gasteiger partial charge in [-0.3, -0.25) is 4.68 Å². The van der Waals surface area contributed by atoms with Crippen LogP contribution >= 0.6 is 0 Å². The molecule has 3 aromatic rings. The Balaban J connectivity index is 1.46. The van der Waals surface area contributed by atoms with Gasteiger partial charge in [-0.25, -0.2) is 4.98 Å².